The van der Waals surface area contributed by atoms with Gasteiger partial charge >= 0.3 is 0 Å². The number of ether oxygens (including phenoxy) is 3. The van der Waals surface area contributed by atoms with Gasteiger partial charge < -0.3 is 24.6 Å². The molecule has 1 aromatic rings. The Morgan fingerprint density at radius 3 is 1.95 bits per heavy atom. The molecule has 1 rings (SSSR count). The van der Waals surface area contributed by atoms with Gasteiger partial charge in [-0.3, -0.25) is 0 Å². The van der Waals surface area contributed by atoms with Crippen LogP contribution in [0.15, 0.2) is 12.1 Å². The van der Waals surface area contributed by atoms with Crippen molar-refractivity contribution in [1.82, 2.24) is 0 Å². The van der Waals surface area contributed by atoms with Crippen LogP contribution in [-0.4, -0.2) is 38.6 Å². The fourth-order valence-corrected chi connectivity index (χ4v) is 1.70. The van der Waals surface area contributed by atoms with Gasteiger partial charge in [-0.1, -0.05) is 0 Å². The highest BCUT2D eigenvalue weighted by Crippen LogP contribution is 2.39. The van der Waals surface area contributed by atoms with Crippen LogP contribution in [0, 0.1) is 0 Å². The molecule has 2 N–H and O–H groups in total. The molecule has 0 heterocycles. The quantitative estimate of drug-likeness (QED) is 0.795. The number of benzene rings is 1. The van der Waals surface area contributed by atoms with Gasteiger partial charge in [0.2, 0.25) is 5.75 Å². The van der Waals surface area contributed by atoms with E-state index in [1.165, 1.54) is 0 Å². The number of methoxy groups -OCH3 is 3. The lowest BCUT2D eigenvalue weighted by molar-refractivity contribution is 0.0749. The van der Waals surface area contributed by atoms with E-state index in [0.29, 0.717) is 30.2 Å². The molecule has 19 heavy (non-hydrogen) atoms. The van der Waals surface area contributed by atoms with E-state index in [4.69, 9.17) is 14.2 Å². The monoisotopic (exact) mass is 269 g/mol. The lowest BCUT2D eigenvalue weighted by Gasteiger charge is -2.19. The normalized spacial score (nSPS) is 11.1. The van der Waals surface area contributed by atoms with Crippen molar-refractivity contribution in [1.29, 1.82) is 0 Å². The average Bonchev–Trinajstić information content (AvgIpc) is 2.35. The second kappa shape index (κ2) is 6.52. The van der Waals surface area contributed by atoms with Gasteiger partial charge in [0.15, 0.2) is 11.5 Å². The van der Waals surface area contributed by atoms with Crippen LogP contribution in [0.3, 0.4) is 0 Å². The molecule has 0 atom stereocenters. The summed E-state index contributed by atoms with van der Waals surface area (Å²) in [6.45, 7) is 4.22. The zero-order valence-electron chi connectivity index (χ0n) is 12.2. The number of anilines is 1. The standard InChI is InChI=1S/C14H23NO4/c1-14(2,16)6-7-15-10-8-11(17-3)13(19-5)12(9-10)18-4/h8-9,15-16H,6-7H2,1-5H3. The lowest BCUT2D eigenvalue weighted by atomic mass is 10.1. The summed E-state index contributed by atoms with van der Waals surface area (Å²) in [5.41, 5.74) is 0.173. The highest BCUT2D eigenvalue weighted by molar-refractivity contribution is 5.62. The third-order valence-electron chi connectivity index (χ3n) is 2.73. The highest BCUT2D eigenvalue weighted by atomic mass is 16.5. The van der Waals surface area contributed by atoms with Crippen LogP contribution < -0.4 is 19.5 Å². The summed E-state index contributed by atoms with van der Waals surface area (Å²) in [7, 11) is 4.73. The van der Waals surface area contributed by atoms with E-state index in [1.54, 1.807) is 35.2 Å². The fraction of sp³-hybridized carbons (Fsp3) is 0.571. The molecule has 0 spiro atoms. The van der Waals surface area contributed by atoms with Crippen molar-refractivity contribution < 1.29 is 19.3 Å². The fourth-order valence-electron chi connectivity index (χ4n) is 1.70. The maximum Gasteiger partial charge on any atom is 0.203 e. The van der Waals surface area contributed by atoms with E-state index in [-0.39, 0.29) is 0 Å². The summed E-state index contributed by atoms with van der Waals surface area (Å²) in [6.07, 6.45) is 0.643. The second-order valence-corrected chi connectivity index (χ2v) is 4.90. The van der Waals surface area contributed by atoms with E-state index in [1.807, 2.05) is 12.1 Å². The first-order valence-electron chi connectivity index (χ1n) is 6.17. The van der Waals surface area contributed by atoms with E-state index < -0.39 is 5.60 Å². The van der Waals surface area contributed by atoms with Gasteiger partial charge in [-0.05, 0) is 20.3 Å². The Morgan fingerprint density at radius 2 is 1.58 bits per heavy atom. The van der Waals surface area contributed by atoms with Gasteiger partial charge in [0, 0.05) is 24.4 Å². The van der Waals surface area contributed by atoms with Crippen molar-refractivity contribution in [3.63, 3.8) is 0 Å². The lowest BCUT2D eigenvalue weighted by Crippen LogP contribution is -2.22. The van der Waals surface area contributed by atoms with Crippen LogP contribution in [0.25, 0.3) is 0 Å². The van der Waals surface area contributed by atoms with Gasteiger partial charge in [-0.25, -0.2) is 0 Å². The van der Waals surface area contributed by atoms with Crippen LogP contribution in [0.2, 0.25) is 0 Å². The molecule has 0 bridgehead atoms. The molecule has 0 fully saturated rings. The van der Waals surface area contributed by atoms with Crippen molar-refractivity contribution >= 4 is 5.69 Å². The van der Waals surface area contributed by atoms with Crippen LogP contribution in [0.4, 0.5) is 5.69 Å². The van der Waals surface area contributed by atoms with E-state index in [0.717, 1.165) is 5.69 Å². The largest absolute Gasteiger partial charge is 0.493 e. The highest BCUT2D eigenvalue weighted by Gasteiger charge is 2.14. The minimum absolute atomic E-state index is 0.568. The summed E-state index contributed by atoms with van der Waals surface area (Å²) in [4.78, 5) is 0. The maximum atomic E-state index is 9.67. The third-order valence-corrected chi connectivity index (χ3v) is 2.73. The van der Waals surface area contributed by atoms with Crippen LogP contribution in [0.5, 0.6) is 17.2 Å². The topological polar surface area (TPSA) is 60.0 Å². The first-order valence-corrected chi connectivity index (χ1v) is 6.17. The number of nitrogens with one attached hydrogen (secondary N) is 1. The van der Waals surface area contributed by atoms with E-state index in [2.05, 4.69) is 5.32 Å². The maximum absolute atomic E-state index is 9.67. The molecule has 0 aromatic heterocycles. The van der Waals surface area contributed by atoms with Crippen molar-refractivity contribution in [2.45, 2.75) is 25.9 Å². The summed E-state index contributed by atoms with van der Waals surface area (Å²) in [5.74, 6) is 1.78. The van der Waals surface area contributed by atoms with Crippen LogP contribution in [0.1, 0.15) is 20.3 Å². The predicted octanol–water partition coefficient (Wildman–Crippen LogP) is 2.29. The molecule has 5 nitrogen and oxygen atoms in total. The Labute approximate surface area is 114 Å². The Balaban J connectivity index is 2.85. The Morgan fingerprint density at radius 1 is 1.05 bits per heavy atom. The Hall–Kier alpha value is -1.62. The first-order chi connectivity index (χ1) is 8.91. The van der Waals surface area contributed by atoms with Crippen molar-refractivity contribution in [2.75, 3.05) is 33.2 Å². The van der Waals surface area contributed by atoms with Gasteiger partial charge in [-0.2, -0.15) is 0 Å². The Kier molecular flexibility index (Phi) is 5.30. The molecule has 0 saturated heterocycles. The Bertz CT molecular complexity index is 387. The van der Waals surface area contributed by atoms with Crippen molar-refractivity contribution in [3.8, 4) is 17.2 Å². The average molecular weight is 269 g/mol. The minimum atomic E-state index is -0.687. The molecule has 0 aliphatic carbocycles. The van der Waals surface area contributed by atoms with Gasteiger partial charge in [0.1, 0.15) is 0 Å². The molecule has 0 radical (unpaired) electrons. The number of hydrogen-bond acceptors (Lipinski definition) is 5. The summed E-state index contributed by atoms with van der Waals surface area (Å²) in [6, 6.07) is 3.68. The SMILES string of the molecule is COc1cc(NCCC(C)(C)O)cc(OC)c1OC. The van der Waals surface area contributed by atoms with Crippen molar-refractivity contribution in [2.24, 2.45) is 0 Å². The molecular weight excluding hydrogens is 246 g/mol. The number of hydrogen-bond donors (Lipinski definition) is 2. The molecule has 0 saturated carbocycles. The summed E-state index contributed by atoms with van der Waals surface area (Å²) >= 11 is 0. The molecule has 1 aromatic carbocycles. The molecular formula is C14H23NO4. The summed E-state index contributed by atoms with van der Waals surface area (Å²) in [5, 5.41) is 12.9. The molecule has 5 heteroatoms. The van der Waals surface area contributed by atoms with E-state index in [9.17, 15) is 5.11 Å². The molecule has 0 aliphatic heterocycles. The predicted molar refractivity (Wildman–Crippen MR) is 75.5 cm³/mol. The van der Waals surface area contributed by atoms with Gasteiger partial charge in [-0.15, -0.1) is 0 Å². The summed E-state index contributed by atoms with van der Waals surface area (Å²) < 4.78 is 15.8. The third kappa shape index (κ3) is 4.52. The zero-order valence-corrected chi connectivity index (χ0v) is 12.2. The smallest absolute Gasteiger partial charge is 0.203 e. The van der Waals surface area contributed by atoms with Gasteiger partial charge in [0.25, 0.3) is 0 Å². The van der Waals surface area contributed by atoms with Crippen molar-refractivity contribution in [3.05, 3.63) is 12.1 Å². The van der Waals surface area contributed by atoms with Gasteiger partial charge in [0.05, 0.1) is 26.9 Å². The molecule has 0 unspecified atom stereocenters. The zero-order chi connectivity index (χ0) is 14.5. The number of aliphatic hydroxyl groups is 1. The molecule has 108 valence electrons. The van der Waals surface area contributed by atoms with E-state index >= 15 is 0 Å². The first kappa shape index (κ1) is 15.4. The van der Waals surface area contributed by atoms with Crippen LogP contribution >= 0.6 is 0 Å². The minimum Gasteiger partial charge on any atom is -0.493 e. The molecule has 0 aliphatic rings. The number of rotatable bonds is 7. The molecule has 0 amide bonds. The second-order valence-electron chi connectivity index (χ2n) is 4.90. The van der Waals surface area contributed by atoms with Crippen LogP contribution in [-0.2, 0) is 0 Å².